The monoisotopic (exact) mass is 376 g/mol. The Labute approximate surface area is 133 Å². The second-order valence-corrected chi connectivity index (χ2v) is 5.61. The van der Waals surface area contributed by atoms with Crippen molar-refractivity contribution in [2.75, 3.05) is 5.32 Å². The number of carbonyl (C=O) groups is 1. The van der Waals surface area contributed by atoms with E-state index < -0.39 is 11.7 Å². The molecule has 0 fully saturated rings. The van der Waals surface area contributed by atoms with Crippen LogP contribution in [0.25, 0.3) is 0 Å². The molecule has 2 aromatic rings. The number of nitrogens with zero attached hydrogens (tertiary/aromatic N) is 1. The molecule has 1 amide bonds. The Kier molecular flexibility index (Phi) is 4.62. The average Bonchev–Trinajstić information content (AvgIpc) is 2.36. The highest BCUT2D eigenvalue weighted by Gasteiger charge is 2.14. The Hall–Kier alpha value is -1.17. The smallest absolute Gasteiger partial charge is 0.255 e. The number of aryl methyl sites for hydroxylation is 1. The lowest BCUT2D eigenvalue weighted by molar-refractivity contribution is 0.102. The van der Waals surface area contributed by atoms with Crippen molar-refractivity contribution in [1.82, 2.24) is 4.98 Å². The molecular weight excluding hydrogens is 370 g/mol. The summed E-state index contributed by atoms with van der Waals surface area (Å²) in [5.41, 5.74) is 1.20. The number of nitrogens with one attached hydrogen (secondary N) is 1. The van der Waals surface area contributed by atoms with Gasteiger partial charge in [0.25, 0.3) is 5.91 Å². The van der Waals surface area contributed by atoms with Crippen LogP contribution in [0.3, 0.4) is 0 Å². The highest BCUT2D eigenvalue weighted by molar-refractivity contribution is 9.10. The summed E-state index contributed by atoms with van der Waals surface area (Å²) in [5.74, 6) is -1.000. The zero-order valence-electron chi connectivity index (χ0n) is 10.2. The summed E-state index contributed by atoms with van der Waals surface area (Å²) in [6.45, 7) is 1.73. The van der Waals surface area contributed by atoms with E-state index in [0.717, 1.165) is 6.07 Å². The third kappa shape index (κ3) is 3.29. The number of carbonyl (C=O) groups excluding carboxylic acids is 1. The molecule has 0 aliphatic heterocycles. The number of benzene rings is 1. The average molecular weight is 378 g/mol. The number of pyridine rings is 1. The minimum Gasteiger partial charge on any atom is -0.319 e. The number of rotatable bonds is 2. The molecular formula is C13H8BrCl2FN2O. The van der Waals surface area contributed by atoms with Gasteiger partial charge in [-0.15, -0.1) is 0 Å². The number of aromatic nitrogens is 1. The molecule has 0 aliphatic carbocycles. The van der Waals surface area contributed by atoms with Gasteiger partial charge in [-0.2, -0.15) is 0 Å². The molecule has 0 radical (unpaired) electrons. The molecule has 20 heavy (non-hydrogen) atoms. The third-order valence-electron chi connectivity index (χ3n) is 2.56. The summed E-state index contributed by atoms with van der Waals surface area (Å²) >= 11 is 14.7. The van der Waals surface area contributed by atoms with Gasteiger partial charge in [-0.3, -0.25) is 4.79 Å². The summed E-state index contributed by atoms with van der Waals surface area (Å²) in [6.07, 6.45) is 0. The van der Waals surface area contributed by atoms with Crippen molar-refractivity contribution in [2.45, 2.75) is 6.92 Å². The molecule has 0 aliphatic rings. The Morgan fingerprint density at radius 3 is 2.65 bits per heavy atom. The van der Waals surface area contributed by atoms with Gasteiger partial charge in [-0.1, -0.05) is 23.2 Å². The lowest BCUT2D eigenvalue weighted by atomic mass is 10.2. The molecule has 104 valence electrons. The van der Waals surface area contributed by atoms with Crippen LogP contribution in [0, 0.1) is 12.7 Å². The number of anilines is 1. The summed E-state index contributed by atoms with van der Waals surface area (Å²) < 4.78 is 13.7. The third-order valence-corrected chi connectivity index (χ3v) is 3.67. The predicted molar refractivity (Wildman–Crippen MR) is 81.0 cm³/mol. The maximum absolute atomic E-state index is 13.4. The van der Waals surface area contributed by atoms with Crippen LogP contribution in [0.4, 0.5) is 10.1 Å². The molecule has 1 aromatic heterocycles. The maximum atomic E-state index is 13.4. The van der Waals surface area contributed by atoms with Crippen molar-refractivity contribution in [3.05, 3.63) is 56.0 Å². The molecule has 2 rings (SSSR count). The van der Waals surface area contributed by atoms with Crippen LogP contribution in [-0.2, 0) is 0 Å². The van der Waals surface area contributed by atoms with Gasteiger partial charge in [0.1, 0.15) is 11.0 Å². The minimum absolute atomic E-state index is 0.0842. The first-order chi connectivity index (χ1) is 9.38. The Bertz CT molecular complexity index is 671. The molecule has 0 spiro atoms. The Morgan fingerprint density at radius 1 is 1.35 bits per heavy atom. The fraction of sp³-hybridized carbons (Fsp3) is 0.0769. The largest absolute Gasteiger partial charge is 0.319 e. The predicted octanol–water partition coefficient (Wildman–Crippen LogP) is 4.85. The van der Waals surface area contributed by atoms with Crippen LogP contribution in [0.1, 0.15) is 15.9 Å². The number of halogens is 4. The quantitative estimate of drug-likeness (QED) is 0.760. The summed E-state index contributed by atoms with van der Waals surface area (Å²) in [6, 6.07) is 5.66. The molecule has 1 N–H and O–H groups in total. The SMILES string of the molecule is Cc1cc(Cl)nc(Cl)c1NC(=O)c1ccc(Br)c(F)c1. The topological polar surface area (TPSA) is 42.0 Å². The van der Waals surface area contributed by atoms with Crippen LogP contribution in [0.5, 0.6) is 0 Å². The van der Waals surface area contributed by atoms with E-state index in [1.165, 1.54) is 12.1 Å². The summed E-state index contributed by atoms with van der Waals surface area (Å²) in [7, 11) is 0. The number of hydrogen-bond donors (Lipinski definition) is 1. The van der Waals surface area contributed by atoms with Crippen LogP contribution in [0.2, 0.25) is 10.3 Å². The van der Waals surface area contributed by atoms with E-state index in [0.29, 0.717) is 11.3 Å². The molecule has 0 saturated heterocycles. The zero-order chi connectivity index (χ0) is 14.9. The van der Waals surface area contributed by atoms with Crippen LogP contribution >= 0.6 is 39.1 Å². The maximum Gasteiger partial charge on any atom is 0.255 e. The first kappa shape index (κ1) is 15.2. The Morgan fingerprint density at radius 2 is 2.05 bits per heavy atom. The molecule has 0 saturated carbocycles. The van der Waals surface area contributed by atoms with Gasteiger partial charge in [-0.05, 0) is 52.7 Å². The highest BCUT2D eigenvalue weighted by atomic mass is 79.9. The second-order valence-electron chi connectivity index (χ2n) is 4.01. The fourth-order valence-electron chi connectivity index (χ4n) is 1.57. The molecule has 1 aromatic carbocycles. The first-order valence-corrected chi connectivity index (χ1v) is 7.02. The van der Waals surface area contributed by atoms with Crippen molar-refractivity contribution in [3.8, 4) is 0 Å². The van der Waals surface area contributed by atoms with E-state index in [4.69, 9.17) is 23.2 Å². The van der Waals surface area contributed by atoms with Gasteiger partial charge in [0.05, 0.1) is 10.2 Å². The highest BCUT2D eigenvalue weighted by Crippen LogP contribution is 2.27. The van der Waals surface area contributed by atoms with Gasteiger partial charge in [-0.25, -0.2) is 9.37 Å². The van der Waals surface area contributed by atoms with Crippen molar-refractivity contribution < 1.29 is 9.18 Å². The van der Waals surface area contributed by atoms with Crippen molar-refractivity contribution >= 4 is 50.7 Å². The number of hydrogen-bond acceptors (Lipinski definition) is 2. The lowest BCUT2D eigenvalue weighted by Gasteiger charge is -2.10. The van der Waals surface area contributed by atoms with E-state index in [-0.39, 0.29) is 20.3 Å². The fourth-order valence-corrected chi connectivity index (χ4v) is 2.39. The molecule has 0 atom stereocenters. The van der Waals surface area contributed by atoms with Gasteiger partial charge in [0.15, 0.2) is 5.15 Å². The van der Waals surface area contributed by atoms with Crippen LogP contribution in [-0.4, -0.2) is 10.9 Å². The van der Waals surface area contributed by atoms with Gasteiger partial charge >= 0.3 is 0 Å². The van der Waals surface area contributed by atoms with E-state index in [2.05, 4.69) is 26.2 Å². The zero-order valence-corrected chi connectivity index (χ0v) is 13.3. The van der Waals surface area contributed by atoms with E-state index in [9.17, 15) is 9.18 Å². The van der Waals surface area contributed by atoms with Gasteiger partial charge in [0, 0.05) is 5.56 Å². The standard InChI is InChI=1S/C13H8BrCl2FN2O/c1-6-4-10(15)18-12(16)11(6)19-13(20)7-2-3-8(14)9(17)5-7/h2-5H,1H3,(H,19,20). The Balaban J connectivity index is 2.30. The van der Waals surface area contributed by atoms with E-state index >= 15 is 0 Å². The second kappa shape index (κ2) is 6.08. The molecule has 3 nitrogen and oxygen atoms in total. The minimum atomic E-state index is -0.519. The van der Waals surface area contributed by atoms with Crippen molar-refractivity contribution in [2.24, 2.45) is 0 Å². The molecule has 7 heteroatoms. The lowest BCUT2D eigenvalue weighted by Crippen LogP contribution is -2.14. The first-order valence-electron chi connectivity index (χ1n) is 5.47. The summed E-state index contributed by atoms with van der Waals surface area (Å²) in [4.78, 5) is 15.9. The number of amides is 1. The molecule has 0 bridgehead atoms. The van der Waals surface area contributed by atoms with Crippen molar-refractivity contribution in [3.63, 3.8) is 0 Å². The van der Waals surface area contributed by atoms with Crippen LogP contribution < -0.4 is 5.32 Å². The molecule has 0 unspecified atom stereocenters. The van der Waals surface area contributed by atoms with Crippen LogP contribution in [0.15, 0.2) is 28.7 Å². The van der Waals surface area contributed by atoms with Crippen molar-refractivity contribution in [1.29, 1.82) is 0 Å². The normalized spacial score (nSPS) is 10.4. The van der Waals surface area contributed by atoms with Gasteiger partial charge in [0.2, 0.25) is 0 Å². The van der Waals surface area contributed by atoms with E-state index in [1.54, 1.807) is 13.0 Å². The van der Waals surface area contributed by atoms with Gasteiger partial charge < -0.3 is 5.32 Å². The molecule has 1 heterocycles. The van der Waals surface area contributed by atoms with E-state index in [1.807, 2.05) is 0 Å². The summed E-state index contributed by atoms with van der Waals surface area (Å²) in [5, 5.41) is 2.92.